The van der Waals surface area contributed by atoms with Crippen LogP contribution in [0.1, 0.15) is 13.8 Å². The van der Waals surface area contributed by atoms with E-state index >= 15 is 0 Å². The molecule has 1 aliphatic rings. The number of anilines is 1. The van der Waals surface area contributed by atoms with Gasteiger partial charge in [0.2, 0.25) is 5.91 Å². The first-order valence-electron chi connectivity index (χ1n) is 5.54. The van der Waals surface area contributed by atoms with Gasteiger partial charge in [-0.2, -0.15) is 0 Å². The second-order valence-corrected chi connectivity index (χ2v) is 5.09. The first-order chi connectivity index (χ1) is 8.04. The Kier molecular flexibility index (Phi) is 3.35. The fourth-order valence-corrected chi connectivity index (χ4v) is 1.96. The van der Waals surface area contributed by atoms with Crippen LogP contribution in [0.3, 0.4) is 0 Å². The molecule has 0 saturated carbocycles. The number of pyridine rings is 1. The van der Waals surface area contributed by atoms with Crippen molar-refractivity contribution in [2.45, 2.75) is 13.8 Å². The topological polar surface area (TPSA) is 51.2 Å². The van der Waals surface area contributed by atoms with Crippen LogP contribution in [0, 0.1) is 11.3 Å². The molecule has 92 valence electrons. The highest BCUT2D eigenvalue weighted by atomic mass is 35.5. The molecule has 4 nitrogen and oxygen atoms in total. The van der Waals surface area contributed by atoms with E-state index in [1.165, 1.54) is 6.20 Å². The van der Waals surface area contributed by atoms with E-state index in [2.05, 4.69) is 10.3 Å². The van der Waals surface area contributed by atoms with Gasteiger partial charge in [-0.3, -0.25) is 9.78 Å². The average molecular weight is 255 g/mol. The lowest BCUT2D eigenvalue weighted by Crippen LogP contribution is -2.55. The number of hydrogen-bond donors (Lipinski definition) is 1. The summed E-state index contributed by atoms with van der Waals surface area (Å²) >= 11 is 5.81. The van der Waals surface area contributed by atoms with Gasteiger partial charge in [0, 0.05) is 6.20 Å². The maximum atomic E-state index is 12.2. The molecule has 1 fully saturated rings. The van der Waals surface area contributed by atoms with Crippen LogP contribution in [0.5, 0.6) is 0 Å². The summed E-state index contributed by atoms with van der Waals surface area (Å²) < 4.78 is 5.18. The Morgan fingerprint density at radius 1 is 1.53 bits per heavy atom. The maximum Gasteiger partial charge on any atom is 0.235 e. The predicted octanol–water partition coefficient (Wildman–Crippen LogP) is 2.35. The van der Waals surface area contributed by atoms with Gasteiger partial charge in [0.05, 0.1) is 35.5 Å². The molecular formula is C12H15ClN2O2. The van der Waals surface area contributed by atoms with Crippen molar-refractivity contribution in [2.24, 2.45) is 11.3 Å². The minimum Gasteiger partial charge on any atom is -0.379 e. The Balaban J connectivity index is 2.11. The van der Waals surface area contributed by atoms with Crippen LogP contribution >= 0.6 is 11.6 Å². The first kappa shape index (κ1) is 12.3. The fraction of sp³-hybridized carbons (Fsp3) is 0.500. The van der Waals surface area contributed by atoms with Crippen molar-refractivity contribution in [3.8, 4) is 0 Å². The molecule has 2 heterocycles. The Morgan fingerprint density at radius 2 is 2.24 bits per heavy atom. The molecule has 1 aromatic heterocycles. The molecule has 0 spiro atoms. The normalized spacial score (nSPS) is 17.6. The summed E-state index contributed by atoms with van der Waals surface area (Å²) in [6.45, 7) is 5.01. The maximum absolute atomic E-state index is 12.2. The zero-order valence-electron chi connectivity index (χ0n) is 9.87. The Labute approximate surface area is 105 Å². The van der Waals surface area contributed by atoms with E-state index in [1.54, 1.807) is 12.3 Å². The summed E-state index contributed by atoms with van der Waals surface area (Å²) in [5, 5.41) is 3.35. The number of halogens is 1. The molecular weight excluding hydrogens is 240 g/mol. The lowest BCUT2D eigenvalue weighted by molar-refractivity contribution is -0.166. The Morgan fingerprint density at radius 3 is 2.71 bits per heavy atom. The summed E-state index contributed by atoms with van der Waals surface area (Å²) in [7, 11) is 0. The van der Waals surface area contributed by atoms with Crippen molar-refractivity contribution < 1.29 is 9.53 Å². The van der Waals surface area contributed by atoms with E-state index in [9.17, 15) is 4.79 Å². The quantitative estimate of drug-likeness (QED) is 0.901. The number of nitrogens with zero attached hydrogens (tertiary/aromatic N) is 1. The molecule has 0 unspecified atom stereocenters. The summed E-state index contributed by atoms with van der Waals surface area (Å²) in [5.74, 6) is 0.214. The van der Waals surface area contributed by atoms with Gasteiger partial charge < -0.3 is 10.1 Å². The SMILES string of the molecule is CC(C)C1(C(=O)Nc2cncc(Cl)c2)COC1. The molecule has 2 rings (SSSR count). The van der Waals surface area contributed by atoms with Crippen molar-refractivity contribution in [2.75, 3.05) is 18.5 Å². The van der Waals surface area contributed by atoms with Gasteiger partial charge in [-0.25, -0.2) is 0 Å². The highest BCUT2D eigenvalue weighted by Crippen LogP contribution is 2.36. The van der Waals surface area contributed by atoms with Gasteiger partial charge in [-0.1, -0.05) is 25.4 Å². The molecule has 0 atom stereocenters. The molecule has 1 aromatic rings. The van der Waals surface area contributed by atoms with E-state index in [4.69, 9.17) is 16.3 Å². The molecule has 1 amide bonds. The molecule has 1 N–H and O–H groups in total. The molecule has 0 bridgehead atoms. The smallest absolute Gasteiger partial charge is 0.235 e. The van der Waals surface area contributed by atoms with Gasteiger partial charge >= 0.3 is 0 Å². The van der Waals surface area contributed by atoms with Crippen molar-refractivity contribution >= 4 is 23.2 Å². The molecule has 0 radical (unpaired) electrons. The minimum atomic E-state index is -0.414. The van der Waals surface area contributed by atoms with E-state index in [1.807, 2.05) is 13.8 Å². The molecule has 5 heteroatoms. The molecule has 17 heavy (non-hydrogen) atoms. The van der Waals surface area contributed by atoms with Crippen LogP contribution < -0.4 is 5.32 Å². The first-order valence-corrected chi connectivity index (χ1v) is 5.92. The van der Waals surface area contributed by atoms with E-state index in [0.29, 0.717) is 23.9 Å². The van der Waals surface area contributed by atoms with E-state index in [-0.39, 0.29) is 11.8 Å². The van der Waals surface area contributed by atoms with Crippen molar-refractivity contribution in [3.63, 3.8) is 0 Å². The van der Waals surface area contributed by atoms with Crippen LogP contribution in [0.2, 0.25) is 5.02 Å². The number of hydrogen-bond acceptors (Lipinski definition) is 3. The molecule has 0 aromatic carbocycles. The van der Waals surface area contributed by atoms with Crippen LogP contribution in [-0.2, 0) is 9.53 Å². The third-order valence-electron chi connectivity index (χ3n) is 3.24. The molecule has 1 saturated heterocycles. The average Bonchev–Trinajstić information content (AvgIpc) is 2.14. The van der Waals surface area contributed by atoms with Crippen LogP contribution in [0.25, 0.3) is 0 Å². The number of rotatable bonds is 3. The number of carbonyl (C=O) groups is 1. The van der Waals surface area contributed by atoms with Crippen molar-refractivity contribution in [3.05, 3.63) is 23.5 Å². The van der Waals surface area contributed by atoms with E-state index < -0.39 is 5.41 Å². The van der Waals surface area contributed by atoms with Gasteiger partial charge in [0.25, 0.3) is 0 Å². The second kappa shape index (κ2) is 4.63. The minimum absolute atomic E-state index is 0.0252. The van der Waals surface area contributed by atoms with Crippen LogP contribution in [0.4, 0.5) is 5.69 Å². The Bertz CT molecular complexity index is 430. The summed E-state index contributed by atoms with van der Waals surface area (Å²) in [6, 6.07) is 1.68. The largest absolute Gasteiger partial charge is 0.379 e. The third-order valence-corrected chi connectivity index (χ3v) is 3.45. The van der Waals surface area contributed by atoms with Gasteiger partial charge in [-0.05, 0) is 12.0 Å². The number of amides is 1. The van der Waals surface area contributed by atoms with E-state index in [0.717, 1.165) is 0 Å². The van der Waals surface area contributed by atoms with Gasteiger partial charge in [0.1, 0.15) is 0 Å². The number of nitrogens with one attached hydrogen (secondary N) is 1. The highest BCUT2D eigenvalue weighted by molar-refractivity contribution is 6.30. The third kappa shape index (κ3) is 2.28. The Hall–Kier alpha value is -1.13. The lowest BCUT2D eigenvalue weighted by atomic mass is 9.74. The number of carbonyl (C=O) groups excluding carboxylic acids is 1. The second-order valence-electron chi connectivity index (χ2n) is 4.65. The number of ether oxygens (including phenoxy) is 1. The fourth-order valence-electron chi connectivity index (χ4n) is 1.78. The number of aromatic nitrogens is 1. The zero-order chi connectivity index (χ0) is 12.5. The standard InChI is InChI=1S/C12H15ClN2O2/c1-8(2)12(6-17-7-12)11(16)15-10-3-9(13)4-14-5-10/h3-5,8H,6-7H2,1-2H3,(H,15,16). The van der Waals surface area contributed by atoms with Crippen molar-refractivity contribution in [1.29, 1.82) is 0 Å². The van der Waals surface area contributed by atoms with Gasteiger partial charge in [0.15, 0.2) is 0 Å². The predicted molar refractivity (Wildman–Crippen MR) is 66.0 cm³/mol. The van der Waals surface area contributed by atoms with Crippen LogP contribution in [0.15, 0.2) is 18.5 Å². The van der Waals surface area contributed by atoms with Gasteiger partial charge in [-0.15, -0.1) is 0 Å². The lowest BCUT2D eigenvalue weighted by Gasteiger charge is -2.43. The molecule has 1 aliphatic heterocycles. The monoisotopic (exact) mass is 254 g/mol. The van der Waals surface area contributed by atoms with Crippen molar-refractivity contribution in [1.82, 2.24) is 4.98 Å². The summed E-state index contributed by atoms with van der Waals surface area (Å²) in [4.78, 5) is 16.1. The zero-order valence-corrected chi connectivity index (χ0v) is 10.6. The highest BCUT2D eigenvalue weighted by Gasteiger charge is 2.48. The van der Waals surface area contributed by atoms with Crippen LogP contribution in [-0.4, -0.2) is 24.1 Å². The molecule has 0 aliphatic carbocycles. The summed E-state index contributed by atoms with van der Waals surface area (Å²) in [5.41, 5.74) is 0.205. The summed E-state index contributed by atoms with van der Waals surface area (Å²) in [6.07, 6.45) is 3.11.